The number of nitrogens with two attached hydrogens (primary N) is 1. The van der Waals surface area contributed by atoms with Crippen molar-refractivity contribution in [3.05, 3.63) is 47.7 Å². The maximum Gasteiger partial charge on any atom is 0.130 e. The van der Waals surface area contributed by atoms with Crippen molar-refractivity contribution < 1.29 is 4.74 Å². The highest BCUT2D eigenvalue weighted by Gasteiger charge is 2.03. The van der Waals surface area contributed by atoms with Crippen LogP contribution in [0.3, 0.4) is 0 Å². The highest BCUT2D eigenvalue weighted by atomic mass is 16.5. The van der Waals surface area contributed by atoms with Crippen LogP contribution >= 0.6 is 0 Å². The average molecular weight is 243 g/mol. The summed E-state index contributed by atoms with van der Waals surface area (Å²) in [5.74, 6) is 0.783. The minimum atomic E-state index is 0.567. The van der Waals surface area contributed by atoms with Crippen molar-refractivity contribution in [1.29, 1.82) is 0 Å². The summed E-state index contributed by atoms with van der Waals surface area (Å²) in [6.45, 7) is 2.46. The van der Waals surface area contributed by atoms with E-state index in [0.717, 1.165) is 22.8 Å². The zero-order valence-electron chi connectivity index (χ0n) is 10.6. The maximum absolute atomic E-state index is 5.75. The van der Waals surface area contributed by atoms with Crippen LogP contribution in [0.2, 0.25) is 0 Å². The number of benzene rings is 1. The third-order valence-electron chi connectivity index (χ3n) is 2.71. The van der Waals surface area contributed by atoms with Gasteiger partial charge in [0.05, 0.1) is 18.0 Å². The van der Waals surface area contributed by atoms with Gasteiger partial charge in [-0.05, 0) is 25.1 Å². The van der Waals surface area contributed by atoms with Gasteiger partial charge in [-0.2, -0.15) is 0 Å². The van der Waals surface area contributed by atoms with Crippen LogP contribution < -0.4 is 11.1 Å². The smallest absolute Gasteiger partial charge is 0.130 e. The summed E-state index contributed by atoms with van der Waals surface area (Å²) in [5, 5.41) is 3.28. The number of para-hydroxylation sites is 1. The van der Waals surface area contributed by atoms with E-state index in [1.807, 2.05) is 43.3 Å². The standard InChI is InChI=1S/C14H17N3O/c1-10-12(15)7-8-14(16-10)17-13-6-4-3-5-11(13)9-18-2/h3-8H,9,15H2,1-2H3,(H,16,17). The summed E-state index contributed by atoms with van der Waals surface area (Å²) < 4.78 is 5.17. The van der Waals surface area contributed by atoms with Gasteiger partial charge in [-0.15, -0.1) is 0 Å². The lowest BCUT2D eigenvalue weighted by atomic mass is 10.2. The Morgan fingerprint density at radius 2 is 2.00 bits per heavy atom. The molecule has 2 aromatic rings. The predicted octanol–water partition coefficient (Wildman–Crippen LogP) is 2.86. The molecule has 0 saturated heterocycles. The molecule has 2 rings (SSSR count). The van der Waals surface area contributed by atoms with Crippen LogP contribution in [0.1, 0.15) is 11.3 Å². The van der Waals surface area contributed by atoms with Crippen LogP contribution in [-0.4, -0.2) is 12.1 Å². The molecule has 0 amide bonds. The molecule has 0 radical (unpaired) electrons. The van der Waals surface area contributed by atoms with E-state index in [9.17, 15) is 0 Å². The van der Waals surface area contributed by atoms with Crippen LogP contribution in [-0.2, 0) is 11.3 Å². The van der Waals surface area contributed by atoms with E-state index < -0.39 is 0 Å². The van der Waals surface area contributed by atoms with Crippen molar-refractivity contribution in [2.75, 3.05) is 18.2 Å². The molecule has 0 aliphatic carbocycles. The first-order chi connectivity index (χ1) is 8.70. The molecule has 0 unspecified atom stereocenters. The fraction of sp³-hybridized carbons (Fsp3) is 0.214. The van der Waals surface area contributed by atoms with E-state index in [4.69, 9.17) is 10.5 Å². The van der Waals surface area contributed by atoms with Gasteiger partial charge in [0.25, 0.3) is 0 Å². The summed E-state index contributed by atoms with van der Waals surface area (Å²) in [6.07, 6.45) is 0. The van der Waals surface area contributed by atoms with Gasteiger partial charge in [0.2, 0.25) is 0 Å². The molecule has 3 N–H and O–H groups in total. The van der Waals surface area contributed by atoms with Gasteiger partial charge in [0.15, 0.2) is 0 Å². The van der Waals surface area contributed by atoms with Gasteiger partial charge < -0.3 is 15.8 Å². The first-order valence-corrected chi connectivity index (χ1v) is 5.77. The van der Waals surface area contributed by atoms with E-state index in [2.05, 4.69) is 10.3 Å². The molecule has 0 atom stereocenters. The van der Waals surface area contributed by atoms with Gasteiger partial charge >= 0.3 is 0 Å². The molecule has 18 heavy (non-hydrogen) atoms. The van der Waals surface area contributed by atoms with Crippen LogP contribution in [0, 0.1) is 6.92 Å². The Labute approximate surface area is 107 Å². The van der Waals surface area contributed by atoms with Crippen molar-refractivity contribution >= 4 is 17.2 Å². The first-order valence-electron chi connectivity index (χ1n) is 5.77. The molecule has 94 valence electrons. The van der Waals surface area contributed by atoms with E-state index >= 15 is 0 Å². The van der Waals surface area contributed by atoms with Gasteiger partial charge in [-0.25, -0.2) is 4.98 Å². The summed E-state index contributed by atoms with van der Waals surface area (Å²) in [4.78, 5) is 4.39. The number of nitrogen functional groups attached to an aromatic ring is 1. The summed E-state index contributed by atoms with van der Waals surface area (Å²) >= 11 is 0. The lowest BCUT2D eigenvalue weighted by Crippen LogP contribution is -2.01. The van der Waals surface area contributed by atoms with Gasteiger partial charge in [-0.3, -0.25) is 0 Å². The average Bonchev–Trinajstić information content (AvgIpc) is 2.37. The monoisotopic (exact) mass is 243 g/mol. The van der Waals surface area contributed by atoms with E-state index in [1.165, 1.54) is 0 Å². The lowest BCUT2D eigenvalue weighted by molar-refractivity contribution is 0.185. The fourth-order valence-electron chi connectivity index (χ4n) is 1.70. The van der Waals surface area contributed by atoms with Crippen LogP contribution in [0.5, 0.6) is 0 Å². The van der Waals surface area contributed by atoms with Crippen molar-refractivity contribution in [3.63, 3.8) is 0 Å². The normalized spacial score (nSPS) is 10.3. The molecule has 0 bridgehead atoms. The number of rotatable bonds is 4. The number of ether oxygens (including phenoxy) is 1. The molecule has 0 fully saturated rings. The fourth-order valence-corrected chi connectivity index (χ4v) is 1.70. The molecule has 4 heteroatoms. The molecule has 0 spiro atoms. The molecule has 4 nitrogen and oxygen atoms in total. The van der Waals surface area contributed by atoms with Crippen LogP contribution in [0.15, 0.2) is 36.4 Å². The summed E-state index contributed by atoms with van der Waals surface area (Å²) in [6, 6.07) is 11.7. The number of aryl methyl sites for hydroxylation is 1. The van der Waals surface area contributed by atoms with Crippen molar-refractivity contribution in [2.24, 2.45) is 0 Å². The summed E-state index contributed by atoms with van der Waals surface area (Å²) in [7, 11) is 1.68. The molecular weight excluding hydrogens is 226 g/mol. The quantitative estimate of drug-likeness (QED) is 0.866. The largest absolute Gasteiger partial charge is 0.397 e. The number of hydrogen-bond acceptors (Lipinski definition) is 4. The SMILES string of the molecule is COCc1ccccc1Nc1ccc(N)c(C)n1. The van der Waals surface area contributed by atoms with Crippen molar-refractivity contribution in [2.45, 2.75) is 13.5 Å². The third-order valence-corrected chi connectivity index (χ3v) is 2.71. The number of methoxy groups -OCH3 is 1. The minimum absolute atomic E-state index is 0.567. The van der Waals surface area contributed by atoms with Crippen molar-refractivity contribution in [3.8, 4) is 0 Å². The Bertz CT molecular complexity index is 540. The highest BCUT2D eigenvalue weighted by molar-refractivity contribution is 5.62. The van der Waals surface area contributed by atoms with Crippen LogP contribution in [0.25, 0.3) is 0 Å². The first kappa shape index (κ1) is 12.4. The minimum Gasteiger partial charge on any atom is -0.397 e. The topological polar surface area (TPSA) is 60.2 Å². The number of pyridine rings is 1. The lowest BCUT2D eigenvalue weighted by Gasteiger charge is -2.11. The second kappa shape index (κ2) is 5.51. The number of aromatic nitrogens is 1. The molecule has 0 aliphatic heterocycles. The molecular formula is C14H17N3O. The molecule has 0 saturated carbocycles. The molecule has 0 aliphatic rings. The van der Waals surface area contributed by atoms with Gasteiger partial charge in [-0.1, -0.05) is 18.2 Å². The van der Waals surface area contributed by atoms with Crippen LogP contribution in [0.4, 0.5) is 17.2 Å². The zero-order valence-corrected chi connectivity index (χ0v) is 10.6. The molecule has 1 aromatic heterocycles. The maximum atomic E-state index is 5.75. The Morgan fingerprint density at radius 1 is 1.22 bits per heavy atom. The zero-order chi connectivity index (χ0) is 13.0. The third kappa shape index (κ3) is 2.78. The summed E-state index contributed by atoms with van der Waals surface area (Å²) in [5.41, 5.74) is 9.36. The Balaban J connectivity index is 2.25. The Morgan fingerprint density at radius 3 is 2.72 bits per heavy atom. The number of hydrogen-bond donors (Lipinski definition) is 2. The van der Waals surface area contributed by atoms with Gasteiger partial charge in [0.1, 0.15) is 5.82 Å². The van der Waals surface area contributed by atoms with E-state index in [0.29, 0.717) is 12.3 Å². The molecule has 1 heterocycles. The number of nitrogens with zero attached hydrogens (tertiary/aromatic N) is 1. The predicted molar refractivity (Wildman–Crippen MR) is 73.8 cm³/mol. The number of anilines is 3. The number of nitrogens with one attached hydrogen (secondary N) is 1. The van der Waals surface area contributed by atoms with E-state index in [-0.39, 0.29) is 0 Å². The molecule has 1 aromatic carbocycles. The van der Waals surface area contributed by atoms with Gasteiger partial charge in [0, 0.05) is 18.4 Å². The Kier molecular flexibility index (Phi) is 3.79. The second-order valence-electron chi connectivity index (χ2n) is 4.09. The van der Waals surface area contributed by atoms with E-state index in [1.54, 1.807) is 7.11 Å². The highest BCUT2D eigenvalue weighted by Crippen LogP contribution is 2.21. The second-order valence-corrected chi connectivity index (χ2v) is 4.09. The van der Waals surface area contributed by atoms with Crippen molar-refractivity contribution in [1.82, 2.24) is 4.98 Å². The Hall–Kier alpha value is -2.07.